The second-order valence-electron chi connectivity index (χ2n) is 15.6. The summed E-state index contributed by atoms with van der Waals surface area (Å²) < 4.78 is 47.3. The lowest BCUT2D eigenvalue weighted by atomic mass is 9.58. The van der Waals surface area contributed by atoms with E-state index in [2.05, 4.69) is 30.0 Å². The van der Waals surface area contributed by atoms with Crippen molar-refractivity contribution in [2.75, 3.05) is 72.6 Å². The number of fused-ring (bicyclic) bond motifs is 4. The molecule has 1 saturated carbocycles. The number of hydrogen-bond acceptors (Lipinski definition) is 9. The van der Waals surface area contributed by atoms with Gasteiger partial charge < -0.3 is 29.1 Å². The molecule has 2 amide bonds. The number of methoxy groups -OCH3 is 2. The van der Waals surface area contributed by atoms with Crippen LogP contribution in [0.2, 0.25) is 5.02 Å². The standard InChI is InChI=1S/C39H53ClN4O8S/c1-37-17-15-31(37)33(51-5)10-6-7-18-42(2)35(45)23-39(47,36(46)41-53(48,49)43(3)19-20-50-4)28-11-14-34-32(22-28)44(24-37)25-38(26-52-34)16-8-9-27-21-29(40)12-13-30(27)38/h6,10-14,21-22,31,33,47H,7-9,15-20,23-26H2,1-5H3,(H,41,46)/b10-6+/t31-,33-,37?,38-,39+/m0/s1. The van der Waals surface area contributed by atoms with Crippen molar-refractivity contribution in [1.29, 1.82) is 0 Å². The van der Waals surface area contributed by atoms with Crippen LogP contribution < -0.4 is 14.4 Å². The Balaban J connectivity index is 1.48. The van der Waals surface area contributed by atoms with Crippen molar-refractivity contribution in [3.8, 4) is 5.75 Å². The number of anilines is 1. The molecule has 290 valence electrons. The molecule has 1 spiro atoms. The van der Waals surface area contributed by atoms with Crippen molar-refractivity contribution in [2.45, 2.75) is 69.0 Å². The van der Waals surface area contributed by atoms with Crippen LogP contribution in [0, 0.1) is 11.3 Å². The van der Waals surface area contributed by atoms with Gasteiger partial charge in [-0.2, -0.15) is 12.7 Å². The Bertz CT molecular complexity index is 1840. The van der Waals surface area contributed by atoms with Crippen molar-refractivity contribution >= 4 is 39.3 Å². The van der Waals surface area contributed by atoms with Gasteiger partial charge in [-0.3, -0.25) is 9.59 Å². The van der Waals surface area contributed by atoms with Crippen LogP contribution in [0.25, 0.3) is 0 Å². The third-order valence-corrected chi connectivity index (χ3v) is 13.7. The first-order valence-corrected chi connectivity index (χ1v) is 20.2. The molecule has 2 bridgehead atoms. The first-order chi connectivity index (χ1) is 25.1. The fourth-order valence-corrected chi connectivity index (χ4v) is 9.70. The number of likely N-dealkylation sites (N-methyl/N-ethyl adjacent to an activating group) is 1. The van der Waals surface area contributed by atoms with E-state index in [1.165, 1.54) is 30.2 Å². The molecule has 0 saturated heterocycles. The number of carbonyl (C=O) groups excluding carboxylic acids is 2. The zero-order valence-electron chi connectivity index (χ0n) is 31.4. The summed E-state index contributed by atoms with van der Waals surface area (Å²) in [6.07, 6.45) is 8.59. The number of nitrogens with zero attached hydrogens (tertiary/aromatic N) is 3. The molecule has 2 heterocycles. The third kappa shape index (κ3) is 7.83. The lowest BCUT2D eigenvalue weighted by Crippen LogP contribution is -2.54. The summed E-state index contributed by atoms with van der Waals surface area (Å²) in [6.45, 7) is 4.33. The molecule has 2 aromatic rings. The minimum absolute atomic E-state index is 0.0291. The second-order valence-corrected chi connectivity index (χ2v) is 17.8. The van der Waals surface area contributed by atoms with Crippen LogP contribution in [-0.2, 0) is 46.7 Å². The van der Waals surface area contributed by atoms with E-state index in [0.29, 0.717) is 49.1 Å². The van der Waals surface area contributed by atoms with E-state index >= 15 is 0 Å². The SMILES string of the molecule is COCCN(C)S(=O)(=O)NC(=O)[C@@]1(O)CC(=O)N(C)CC/C=C/[C@H](OC)[C@@H]2CCC2(C)CN2C[C@@]3(CCCc4cc(Cl)ccc43)COc3ccc1cc32. The Morgan fingerprint density at radius 1 is 1.17 bits per heavy atom. The largest absolute Gasteiger partial charge is 0.490 e. The molecule has 0 aromatic heterocycles. The molecule has 5 atom stereocenters. The molecule has 2 N–H and O–H groups in total. The van der Waals surface area contributed by atoms with Gasteiger partial charge >= 0.3 is 10.2 Å². The monoisotopic (exact) mass is 772 g/mol. The maximum atomic E-state index is 14.1. The molecule has 2 aliphatic carbocycles. The van der Waals surface area contributed by atoms with Gasteiger partial charge in [0.2, 0.25) is 5.91 Å². The molecule has 1 fully saturated rings. The quantitative estimate of drug-likeness (QED) is 0.398. The summed E-state index contributed by atoms with van der Waals surface area (Å²) in [6, 6.07) is 11.1. The number of aryl methyl sites for hydroxylation is 1. The van der Waals surface area contributed by atoms with E-state index in [1.807, 2.05) is 16.9 Å². The first kappa shape index (κ1) is 39.5. The Kier molecular flexibility index (Phi) is 11.6. The number of benzene rings is 2. The van der Waals surface area contributed by atoms with Crippen LogP contribution in [0.5, 0.6) is 5.75 Å². The Morgan fingerprint density at radius 2 is 1.96 bits per heavy atom. The third-order valence-electron chi connectivity index (χ3n) is 12.1. The maximum absolute atomic E-state index is 14.1. The first-order valence-electron chi connectivity index (χ1n) is 18.4. The highest BCUT2D eigenvalue weighted by Gasteiger charge is 2.51. The number of aliphatic hydroxyl groups is 1. The molecule has 4 aliphatic rings. The normalized spacial score (nSPS) is 29.8. The molecule has 53 heavy (non-hydrogen) atoms. The van der Waals surface area contributed by atoms with Crippen LogP contribution in [0.4, 0.5) is 5.69 Å². The van der Waals surface area contributed by atoms with Gasteiger partial charge in [0.25, 0.3) is 5.91 Å². The zero-order valence-corrected chi connectivity index (χ0v) is 33.0. The molecule has 0 radical (unpaired) electrons. The number of hydrogen-bond donors (Lipinski definition) is 2. The van der Waals surface area contributed by atoms with E-state index < -0.39 is 34.0 Å². The van der Waals surface area contributed by atoms with Crippen molar-refractivity contribution in [3.63, 3.8) is 0 Å². The minimum Gasteiger partial charge on any atom is -0.490 e. The molecule has 1 unspecified atom stereocenters. The van der Waals surface area contributed by atoms with E-state index in [9.17, 15) is 23.1 Å². The summed E-state index contributed by atoms with van der Waals surface area (Å²) in [5.41, 5.74) is 0.0842. The van der Waals surface area contributed by atoms with Gasteiger partial charge in [-0.15, -0.1) is 0 Å². The van der Waals surface area contributed by atoms with Crippen molar-refractivity contribution < 1.29 is 37.3 Å². The maximum Gasteiger partial charge on any atom is 0.303 e. The molecular formula is C39H53ClN4O8S. The van der Waals surface area contributed by atoms with Gasteiger partial charge in [-0.05, 0) is 90.8 Å². The fourth-order valence-electron chi connectivity index (χ4n) is 8.63. The van der Waals surface area contributed by atoms with Crippen LogP contribution in [0.3, 0.4) is 0 Å². The van der Waals surface area contributed by atoms with Crippen LogP contribution in [0.15, 0.2) is 48.6 Å². The van der Waals surface area contributed by atoms with Crippen molar-refractivity contribution in [1.82, 2.24) is 13.9 Å². The summed E-state index contributed by atoms with van der Waals surface area (Å²) in [4.78, 5) is 31.6. The van der Waals surface area contributed by atoms with Gasteiger partial charge in [-0.1, -0.05) is 42.8 Å². The average Bonchev–Trinajstić information content (AvgIpc) is 3.26. The second kappa shape index (κ2) is 15.5. The number of rotatable bonds is 7. The van der Waals surface area contributed by atoms with Gasteiger partial charge in [0.15, 0.2) is 5.60 Å². The summed E-state index contributed by atoms with van der Waals surface area (Å²) in [5, 5.41) is 13.1. The lowest BCUT2D eigenvalue weighted by molar-refractivity contribution is -0.148. The number of carbonyl (C=O) groups is 2. The Morgan fingerprint density at radius 3 is 2.68 bits per heavy atom. The molecule has 14 heteroatoms. The molecule has 2 aliphatic heterocycles. The van der Waals surface area contributed by atoms with Gasteiger partial charge in [-0.25, -0.2) is 4.72 Å². The number of ether oxygens (including phenoxy) is 3. The molecule has 12 nitrogen and oxygen atoms in total. The number of halogens is 1. The Labute approximate surface area is 318 Å². The number of amides is 2. The van der Waals surface area contributed by atoms with Gasteiger partial charge in [0, 0.05) is 64.9 Å². The summed E-state index contributed by atoms with van der Waals surface area (Å²) in [5.74, 6) is -0.950. The van der Waals surface area contributed by atoms with E-state index in [1.54, 1.807) is 32.4 Å². The van der Waals surface area contributed by atoms with Crippen molar-refractivity contribution in [2.24, 2.45) is 11.3 Å². The fraction of sp³-hybridized carbons (Fsp3) is 0.590. The Hall–Kier alpha value is -3.20. The summed E-state index contributed by atoms with van der Waals surface area (Å²) >= 11 is 6.47. The average molecular weight is 773 g/mol. The molecule has 2 aromatic carbocycles. The molecular weight excluding hydrogens is 720 g/mol. The molecule has 6 rings (SSSR count). The number of nitrogens with one attached hydrogen (secondary N) is 1. The van der Waals surface area contributed by atoms with Crippen molar-refractivity contribution in [3.05, 3.63) is 70.3 Å². The lowest BCUT2D eigenvalue weighted by Gasteiger charge is -2.53. The van der Waals surface area contributed by atoms with Gasteiger partial charge in [0.05, 0.1) is 31.4 Å². The van der Waals surface area contributed by atoms with E-state index in [0.717, 1.165) is 36.4 Å². The smallest absolute Gasteiger partial charge is 0.303 e. The topological polar surface area (TPSA) is 138 Å². The predicted molar refractivity (Wildman–Crippen MR) is 203 cm³/mol. The predicted octanol–water partition coefficient (Wildman–Crippen LogP) is 4.18. The highest BCUT2D eigenvalue weighted by Crippen LogP contribution is 2.53. The zero-order chi connectivity index (χ0) is 38.2. The van der Waals surface area contributed by atoms with Crippen LogP contribution >= 0.6 is 11.6 Å². The highest BCUT2D eigenvalue weighted by molar-refractivity contribution is 7.87. The summed E-state index contributed by atoms with van der Waals surface area (Å²) in [7, 11) is 1.68. The van der Waals surface area contributed by atoms with E-state index in [4.69, 9.17) is 25.8 Å². The van der Waals surface area contributed by atoms with Gasteiger partial charge in [0.1, 0.15) is 5.75 Å². The minimum atomic E-state index is -4.40. The van der Waals surface area contributed by atoms with Crippen LogP contribution in [-0.4, -0.2) is 108 Å². The van der Waals surface area contributed by atoms with Crippen LogP contribution in [0.1, 0.15) is 62.1 Å². The highest BCUT2D eigenvalue weighted by atomic mass is 35.5. The van der Waals surface area contributed by atoms with E-state index in [-0.39, 0.29) is 41.6 Å².